The molecule has 0 N–H and O–H groups in total. The molecule has 2 aromatic carbocycles. The Kier molecular flexibility index (Phi) is 4.18. The van der Waals surface area contributed by atoms with Crippen LogP contribution in [-0.4, -0.2) is 0 Å². The van der Waals surface area contributed by atoms with Crippen LogP contribution in [0.15, 0.2) is 97.4 Å². The second-order valence-corrected chi connectivity index (χ2v) is 4.58. The van der Waals surface area contributed by atoms with Crippen LogP contribution >= 0.6 is 0 Å². The Hall–Kier alpha value is -2.74. The summed E-state index contributed by atoms with van der Waals surface area (Å²) in [4.78, 5) is 3.96. The van der Waals surface area contributed by atoms with Crippen molar-refractivity contribution < 1.29 is 0 Å². The topological polar surface area (TPSA) is 6.48 Å². The molecule has 2 heteroatoms. The Morgan fingerprint density at radius 1 is 0.524 bits per heavy atom. The molecule has 0 aliphatic carbocycles. The molecule has 0 atom stereocenters. The average Bonchev–Trinajstić information content (AvgIpc) is 2.68. The minimum atomic E-state index is 1.07. The summed E-state index contributed by atoms with van der Waals surface area (Å²) in [7, 11) is 0. The van der Waals surface area contributed by atoms with Gasteiger partial charge in [-0.1, -0.05) is 48.6 Å². The Balaban J connectivity index is 1.92. The van der Waals surface area contributed by atoms with Crippen molar-refractivity contribution >= 4 is 11.4 Å². The normalized spacial score (nSPS) is 19.2. The maximum Gasteiger partial charge on any atom is 0.217 e. The number of benzene rings is 2. The molecule has 0 saturated carbocycles. The second-order valence-electron chi connectivity index (χ2n) is 4.58. The van der Waals surface area contributed by atoms with Crippen molar-refractivity contribution in [1.29, 1.82) is 0 Å². The summed E-state index contributed by atoms with van der Waals surface area (Å²) in [5, 5.41) is 0. The largest absolute Gasteiger partial charge is 0.317 e. The maximum absolute atomic E-state index is 3.38. The van der Waals surface area contributed by atoms with Gasteiger partial charge in [0.1, 0.15) is 0 Å². The summed E-state index contributed by atoms with van der Waals surface area (Å²) in [6.45, 7) is 3.38. The SMILES string of the molecule is [C]1N(c2ccccc2)\C=C/C=C\C=C/N1c1ccccc1. The Morgan fingerprint density at radius 2 is 0.952 bits per heavy atom. The van der Waals surface area contributed by atoms with E-state index in [2.05, 4.69) is 30.9 Å². The van der Waals surface area contributed by atoms with Crippen molar-refractivity contribution in [2.24, 2.45) is 0 Å². The lowest BCUT2D eigenvalue weighted by molar-refractivity contribution is 1.04. The molecule has 2 aromatic rings. The predicted molar refractivity (Wildman–Crippen MR) is 88.5 cm³/mol. The molecule has 1 aliphatic rings. The number of anilines is 2. The lowest BCUT2D eigenvalue weighted by atomic mass is 10.3. The van der Waals surface area contributed by atoms with Gasteiger partial charge in [0.25, 0.3) is 0 Å². The zero-order valence-corrected chi connectivity index (χ0v) is 11.6. The molecule has 0 amide bonds. The molecular weight excluding hydrogens is 256 g/mol. The van der Waals surface area contributed by atoms with Crippen molar-refractivity contribution in [2.45, 2.75) is 0 Å². The van der Waals surface area contributed by atoms with Crippen LogP contribution in [0.1, 0.15) is 0 Å². The molecule has 0 bridgehead atoms. The van der Waals surface area contributed by atoms with Gasteiger partial charge in [-0.2, -0.15) is 0 Å². The van der Waals surface area contributed by atoms with E-state index < -0.39 is 0 Å². The van der Waals surface area contributed by atoms with Crippen LogP contribution in [-0.2, 0) is 0 Å². The fraction of sp³-hybridized carbons (Fsp3) is 0. The lowest BCUT2D eigenvalue weighted by Gasteiger charge is -2.26. The number of hydrogen-bond acceptors (Lipinski definition) is 2. The molecular formula is C19H16N2. The Bertz CT molecular complexity index is 584. The van der Waals surface area contributed by atoms with Crippen molar-refractivity contribution in [3.8, 4) is 0 Å². The van der Waals surface area contributed by atoms with E-state index in [-0.39, 0.29) is 0 Å². The summed E-state index contributed by atoms with van der Waals surface area (Å²) in [5.41, 5.74) is 2.14. The van der Waals surface area contributed by atoms with E-state index in [9.17, 15) is 0 Å². The van der Waals surface area contributed by atoms with E-state index in [1.54, 1.807) is 0 Å². The van der Waals surface area contributed by atoms with E-state index in [1.807, 2.05) is 82.9 Å². The maximum atomic E-state index is 3.38. The van der Waals surface area contributed by atoms with Crippen LogP contribution in [0.5, 0.6) is 0 Å². The fourth-order valence-corrected chi connectivity index (χ4v) is 2.05. The molecule has 3 rings (SSSR count). The number of para-hydroxylation sites is 2. The first-order valence-electron chi connectivity index (χ1n) is 6.90. The summed E-state index contributed by atoms with van der Waals surface area (Å²) >= 11 is 0. The van der Waals surface area contributed by atoms with Gasteiger partial charge in [-0.3, -0.25) is 0 Å². The third-order valence-corrected chi connectivity index (χ3v) is 3.09. The van der Waals surface area contributed by atoms with Gasteiger partial charge < -0.3 is 9.80 Å². The smallest absolute Gasteiger partial charge is 0.217 e. The summed E-state index contributed by atoms with van der Waals surface area (Å²) in [6.07, 6.45) is 12.0. The minimum absolute atomic E-state index is 1.07. The van der Waals surface area contributed by atoms with E-state index in [1.165, 1.54) is 0 Å². The van der Waals surface area contributed by atoms with Crippen molar-refractivity contribution in [3.05, 3.63) is 104 Å². The van der Waals surface area contributed by atoms with E-state index in [4.69, 9.17) is 0 Å². The quantitative estimate of drug-likeness (QED) is 0.788. The first kappa shape index (κ1) is 13.3. The van der Waals surface area contributed by atoms with Gasteiger partial charge in [0.2, 0.25) is 6.67 Å². The average molecular weight is 272 g/mol. The second kappa shape index (κ2) is 6.62. The molecule has 0 aromatic heterocycles. The fourth-order valence-electron chi connectivity index (χ4n) is 2.05. The van der Waals surface area contributed by atoms with E-state index >= 15 is 0 Å². The van der Waals surface area contributed by atoms with Gasteiger partial charge in [-0.25, -0.2) is 0 Å². The first-order valence-corrected chi connectivity index (χ1v) is 6.90. The first-order chi connectivity index (χ1) is 10.4. The zero-order valence-electron chi connectivity index (χ0n) is 11.6. The van der Waals surface area contributed by atoms with Gasteiger partial charge in [-0.05, 0) is 36.4 Å². The number of nitrogens with zero attached hydrogens (tertiary/aromatic N) is 2. The third kappa shape index (κ3) is 3.42. The third-order valence-electron chi connectivity index (χ3n) is 3.09. The van der Waals surface area contributed by atoms with Crippen LogP contribution in [0.3, 0.4) is 0 Å². The monoisotopic (exact) mass is 272 g/mol. The van der Waals surface area contributed by atoms with Gasteiger partial charge >= 0.3 is 0 Å². The highest BCUT2D eigenvalue weighted by Gasteiger charge is 2.11. The predicted octanol–water partition coefficient (Wildman–Crippen LogP) is 4.59. The number of hydrogen-bond donors (Lipinski definition) is 0. The minimum Gasteiger partial charge on any atom is -0.317 e. The van der Waals surface area contributed by atoms with Crippen LogP contribution in [0.4, 0.5) is 11.4 Å². The van der Waals surface area contributed by atoms with Gasteiger partial charge in [-0.15, -0.1) is 0 Å². The van der Waals surface area contributed by atoms with Crippen LogP contribution in [0.25, 0.3) is 0 Å². The van der Waals surface area contributed by atoms with Crippen molar-refractivity contribution in [2.75, 3.05) is 9.80 Å². The molecule has 0 unspecified atom stereocenters. The summed E-state index contributed by atoms with van der Waals surface area (Å²) in [5.74, 6) is 0. The molecule has 21 heavy (non-hydrogen) atoms. The molecule has 0 fully saturated rings. The van der Waals surface area contributed by atoms with Crippen molar-refractivity contribution in [1.82, 2.24) is 0 Å². The standard InChI is InChI=1S/C19H16N2/c1-2-10-16-21(19-13-7-4-8-14-19)17-20(15-9-1)18-11-5-3-6-12-18/h1-16H/b2-1-,15-9-,16-10-. The van der Waals surface area contributed by atoms with Crippen LogP contribution < -0.4 is 9.80 Å². The Morgan fingerprint density at radius 3 is 1.38 bits per heavy atom. The molecule has 2 radical (unpaired) electrons. The highest BCUT2D eigenvalue weighted by atomic mass is 15.3. The molecule has 1 heterocycles. The van der Waals surface area contributed by atoms with E-state index in [0.29, 0.717) is 0 Å². The summed E-state index contributed by atoms with van der Waals surface area (Å²) in [6, 6.07) is 20.4. The van der Waals surface area contributed by atoms with Gasteiger partial charge in [0.15, 0.2) is 0 Å². The molecule has 0 spiro atoms. The highest BCUT2D eigenvalue weighted by molar-refractivity contribution is 5.58. The summed E-state index contributed by atoms with van der Waals surface area (Å²) < 4.78 is 0. The van der Waals surface area contributed by atoms with Crippen LogP contribution in [0.2, 0.25) is 0 Å². The number of allylic oxidation sites excluding steroid dienone is 4. The zero-order chi connectivity index (χ0) is 14.3. The van der Waals surface area contributed by atoms with Gasteiger partial charge in [0, 0.05) is 23.8 Å². The van der Waals surface area contributed by atoms with Crippen molar-refractivity contribution in [3.63, 3.8) is 0 Å². The molecule has 0 saturated heterocycles. The van der Waals surface area contributed by atoms with Gasteiger partial charge in [0.05, 0.1) is 0 Å². The van der Waals surface area contributed by atoms with Crippen LogP contribution in [0, 0.1) is 6.67 Å². The lowest BCUT2D eigenvalue weighted by Crippen LogP contribution is -2.25. The molecule has 1 aliphatic heterocycles. The Labute approximate surface area is 125 Å². The molecule has 102 valence electrons. The highest BCUT2D eigenvalue weighted by Crippen LogP contribution is 2.22. The molecule has 2 nitrogen and oxygen atoms in total. The number of rotatable bonds is 2. The van der Waals surface area contributed by atoms with E-state index in [0.717, 1.165) is 11.4 Å².